The Morgan fingerprint density at radius 3 is 3.07 bits per heavy atom. The first-order valence-corrected chi connectivity index (χ1v) is 5.48. The maximum absolute atomic E-state index is 5.89. The SMILES string of the molecule is Cc1cc(C2CCCNC2)cnc1Cl. The highest BCUT2D eigenvalue weighted by atomic mass is 35.5. The summed E-state index contributed by atoms with van der Waals surface area (Å²) in [5.74, 6) is 0.618. The van der Waals surface area contributed by atoms with E-state index in [1.165, 1.54) is 18.4 Å². The van der Waals surface area contributed by atoms with Crippen molar-refractivity contribution in [1.29, 1.82) is 0 Å². The molecule has 3 heteroatoms. The Labute approximate surface area is 89.7 Å². The number of aromatic nitrogens is 1. The Kier molecular flexibility index (Phi) is 3.04. The average Bonchev–Trinajstić information content (AvgIpc) is 2.23. The normalized spacial score (nSPS) is 22.3. The lowest BCUT2D eigenvalue weighted by atomic mass is 9.92. The standard InChI is InChI=1S/C11H15ClN2/c1-8-5-10(7-14-11(8)12)9-3-2-4-13-6-9/h5,7,9,13H,2-4,6H2,1H3. The van der Waals surface area contributed by atoms with Crippen molar-refractivity contribution in [2.45, 2.75) is 25.7 Å². The largest absolute Gasteiger partial charge is 0.316 e. The molecule has 2 nitrogen and oxygen atoms in total. The summed E-state index contributed by atoms with van der Waals surface area (Å²) in [5.41, 5.74) is 2.40. The highest BCUT2D eigenvalue weighted by Gasteiger charge is 2.15. The van der Waals surface area contributed by atoms with Crippen LogP contribution in [0.1, 0.15) is 29.9 Å². The van der Waals surface area contributed by atoms with E-state index in [4.69, 9.17) is 11.6 Å². The molecule has 0 aromatic carbocycles. The van der Waals surface area contributed by atoms with E-state index < -0.39 is 0 Å². The molecule has 0 radical (unpaired) electrons. The third-order valence-corrected chi connectivity index (χ3v) is 3.20. The second kappa shape index (κ2) is 4.28. The summed E-state index contributed by atoms with van der Waals surface area (Å²) in [6.45, 7) is 4.23. The molecular formula is C11H15ClN2. The van der Waals surface area contributed by atoms with Crippen molar-refractivity contribution in [3.63, 3.8) is 0 Å². The van der Waals surface area contributed by atoms with Crippen LogP contribution in [-0.4, -0.2) is 18.1 Å². The smallest absolute Gasteiger partial charge is 0.131 e. The third kappa shape index (κ3) is 2.07. The van der Waals surface area contributed by atoms with Gasteiger partial charge in [-0.05, 0) is 43.4 Å². The Bertz CT molecular complexity index is 319. The zero-order valence-corrected chi connectivity index (χ0v) is 9.14. The van der Waals surface area contributed by atoms with Gasteiger partial charge in [-0.15, -0.1) is 0 Å². The molecule has 0 spiro atoms. The second-order valence-corrected chi connectivity index (χ2v) is 4.28. The van der Waals surface area contributed by atoms with Crippen LogP contribution in [0.15, 0.2) is 12.3 Å². The number of rotatable bonds is 1. The number of aryl methyl sites for hydroxylation is 1. The molecule has 1 atom stereocenters. The van der Waals surface area contributed by atoms with Crippen LogP contribution in [0, 0.1) is 6.92 Å². The van der Waals surface area contributed by atoms with Gasteiger partial charge in [-0.3, -0.25) is 0 Å². The highest BCUT2D eigenvalue weighted by Crippen LogP contribution is 2.24. The van der Waals surface area contributed by atoms with Crippen molar-refractivity contribution in [1.82, 2.24) is 10.3 Å². The van der Waals surface area contributed by atoms with Crippen molar-refractivity contribution in [3.05, 3.63) is 28.5 Å². The van der Waals surface area contributed by atoms with Crippen LogP contribution in [0.4, 0.5) is 0 Å². The molecule has 0 aliphatic carbocycles. The molecule has 1 aliphatic rings. The maximum Gasteiger partial charge on any atom is 0.131 e. The van der Waals surface area contributed by atoms with E-state index in [-0.39, 0.29) is 0 Å². The van der Waals surface area contributed by atoms with Crippen LogP contribution in [-0.2, 0) is 0 Å². The summed E-state index contributed by atoms with van der Waals surface area (Å²) < 4.78 is 0. The number of hydrogen-bond acceptors (Lipinski definition) is 2. The zero-order chi connectivity index (χ0) is 9.97. The summed E-state index contributed by atoms with van der Waals surface area (Å²) in [7, 11) is 0. The van der Waals surface area contributed by atoms with E-state index in [0.717, 1.165) is 18.7 Å². The summed E-state index contributed by atoms with van der Waals surface area (Å²) in [6.07, 6.45) is 4.43. The maximum atomic E-state index is 5.89. The Balaban J connectivity index is 2.18. The topological polar surface area (TPSA) is 24.9 Å². The van der Waals surface area contributed by atoms with Gasteiger partial charge in [0, 0.05) is 12.7 Å². The first kappa shape index (κ1) is 9.94. The summed E-state index contributed by atoms with van der Waals surface area (Å²) in [6, 6.07) is 2.16. The molecule has 1 aromatic heterocycles. The van der Waals surface area contributed by atoms with Gasteiger partial charge in [-0.1, -0.05) is 17.7 Å². The Morgan fingerprint density at radius 1 is 1.57 bits per heavy atom. The number of nitrogens with zero attached hydrogens (tertiary/aromatic N) is 1. The quantitative estimate of drug-likeness (QED) is 0.721. The van der Waals surface area contributed by atoms with Crippen molar-refractivity contribution < 1.29 is 0 Å². The molecule has 0 bridgehead atoms. The van der Waals surface area contributed by atoms with Crippen molar-refractivity contribution in [3.8, 4) is 0 Å². The summed E-state index contributed by atoms with van der Waals surface area (Å²) in [5, 5.41) is 4.03. The van der Waals surface area contributed by atoms with Crippen LogP contribution in [0.2, 0.25) is 5.15 Å². The van der Waals surface area contributed by atoms with Gasteiger partial charge in [0.25, 0.3) is 0 Å². The lowest BCUT2D eigenvalue weighted by Crippen LogP contribution is -2.28. The number of nitrogens with one attached hydrogen (secondary N) is 1. The molecule has 1 aromatic rings. The molecule has 14 heavy (non-hydrogen) atoms. The molecule has 1 saturated heterocycles. The van der Waals surface area contributed by atoms with Gasteiger partial charge in [0.05, 0.1) is 0 Å². The van der Waals surface area contributed by atoms with Gasteiger partial charge in [0.15, 0.2) is 0 Å². The summed E-state index contributed by atoms with van der Waals surface area (Å²) in [4.78, 5) is 4.19. The van der Waals surface area contributed by atoms with Gasteiger partial charge in [-0.25, -0.2) is 4.98 Å². The molecule has 76 valence electrons. The second-order valence-electron chi connectivity index (χ2n) is 3.92. The first-order valence-electron chi connectivity index (χ1n) is 5.10. The molecule has 1 aliphatic heterocycles. The fourth-order valence-corrected chi connectivity index (χ4v) is 2.04. The molecule has 0 amide bonds. The van der Waals surface area contributed by atoms with Crippen LogP contribution in [0.3, 0.4) is 0 Å². The zero-order valence-electron chi connectivity index (χ0n) is 8.39. The Hall–Kier alpha value is -0.600. The predicted octanol–water partition coefficient (Wildman–Crippen LogP) is 2.51. The number of hydrogen-bond donors (Lipinski definition) is 1. The molecule has 1 N–H and O–H groups in total. The molecule has 1 fully saturated rings. The molecule has 0 saturated carbocycles. The van der Waals surface area contributed by atoms with E-state index in [0.29, 0.717) is 11.1 Å². The molecule has 2 heterocycles. The number of pyridine rings is 1. The first-order chi connectivity index (χ1) is 6.77. The fraction of sp³-hybridized carbons (Fsp3) is 0.545. The fourth-order valence-electron chi connectivity index (χ4n) is 1.94. The van der Waals surface area contributed by atoms with Crippen LogP contribution in [0.5, 0.6) is 0 Å². The van der Waals surface area contributed by atoms with E-state index in [9.17, 15) is 0 Å². The van der Waals surface area contributed by atoms with Crippen molar-refractivity contribution in [2.24, 2.45) is 0 Å². The summed E-state index contributed by atoms with van der Waals surface area (Å²) >= 11 is 5.89. The van der Waals surface area contributed by atoms with Gasteiger partial charge in [0.1, 0.15) is 5.15 Å². The van der Waals surface area contributed by atoms with E-state index in [2.05, 4.69) is 16.4 Å². The van der Waals surface area contributed by atoms with Crippen LogP contribution >= 0.6 is 11.6 Å². The highest BCUT2D eigenvalue weighted by molar-refractivity contribution is 6.30. The number of halogens is 1. The van der Waals surface area contributed by atoms with Gasteiger partial charge < -0.3 is 5.32 Å². The molecule has 2 rings (SSSR count). The van der Waals surface area contributed by atoms with Crippen LogP contribution in [0.25, 0.3) is 0 Å². The van der Waals surface area contributed by atoms with E-state index >= 15 is 0 Å². The van der Waals surface area contributed by atoms with Gasteiger partial charge in [-0.2, -0.15) is 0 Å². The monoisotopic (exact) mass is 210 g/mol. The Morgan fingerprint density at radius 2 is 2.43 bits per heavy atom. The van der Waals surface area contributed by atoms with Crippen LogP contribution < -0.4 is 5.32 Å². The van der Waals surface area contributed by atoms with Crippen molar-refractivity contribution in [2.75, 3.05) is 13.1 Å². The van der Waals surface area contributed by atoms with Crippen molar-refractivity contribution >= 4 is 11.6 Å². The lowest BCUT2D eigenvalue weighted by Gasteiger charge is -2.23. The number of piperidine rings is 1. The molecule has 1 unspecified atom stereocenters. The van der Waals surface area contributed by atoms with E-state index in [1.807, 2.05) is 13.1 Å². The molecular weight excluding hydrogens is 196 g/mol. The minimum absolute atomic E-state index is 0.618. The minimum Gasteiger partial charge on any atom is -0.316 e. The average molecular weight is 211 g/mol. The minimum atomic E-state index is 0.618. The lowest BCUT2D eigenvalue weighted by molar-refractivity contribution is 0.461. The van der Waals surface area contributed by atoms with Gasteiger partial charge in [0.2, 0.25) is 0 Å². The third-order valence-electron chi connectivity index (χ3n) is 2.80. The predicted molar refractivity (Wildman–Crippen MR) is 58.8 cm³/mol. The van der Waals surface area contributed by atoms with Gasteiger partial charge >= 0.3 is 0 Å². The van der Waals surface area contributed by atoms with E-state index in [1.54, 1.807) is 0 Å².